The van der Waals surface area contributed by atoms with Crippen LogP contribution in [0.2, 0.25) is 0 Å². The second-order valence-electron chi connectivity index (χ2n) is 8.82. The average Bonchev–Trinajstić information content (AvgIpc) is 3.62. The first kappa shape index (κ1) is 22.0. The van der Waals surface area contributed by atoms with Crippen LogP contribution in [0.4, 0.5) is 0 Å². The molecule has 0 saturated carbocycles. The quantitative estimate of drug-likeness (QED) is 0.338. The van der Waals surface area contributed by atoms with E-state index in [0.717, 1.165) is 53.2 Å². The Hall–Kier alpha value is -4.52. The van der Waals surface area contributed by atoms with E-state index in [2.05, 4.69) is 16.4 Å². The SMILES string of the molecule is O=C(NCCCn1ccnc1)c1ccc2nc(-c3ccc4c(c3)CCO4)c(-c3ccccc3)nc2c1. The van der Waals surface area contributed by atoms with Crippen molar-refractivity contribution in [3.05, 3.63) is 96.6 Å². The minimum atomic E-state index is -0.117. The molecule has 3 aromatic carbocycles. The van der Waals surface area contributed by atoms with Crippen molar-refractivity contribution in [2.24, 2.45) is 0 Å². The summed E-state index contributed by atoms with van der Waals surface area (Å²) in [5, 5.41) is 3.00. The molecule has 7 heteroatoms. The van der Waals surface area contributed by atoms with Crippen molar-refractivity contribution in [3.63, 3.8) is 0 Å². The molecule has 1 aliphatic rings. The second kappa shape index (κ2) is 9.62. The molecule has 6 rings (SSSR count). The number of carbonyl (C=O) groups excluding carboxylic acids is 1. The zero-order valence-corrected chi connectivity index (χ0v) is 19.7. The van der Waals surface area contributed by atoms with E-state index in [0.29, 0.717) is 24.2 Å². The predicted octanol–water partition coefficient (Wildman–Crippen LogP) is 4.92. The van der Waals surface area contributed by atoms with Crippen LogP contribution in [0.15, 0.2) is 85.5 Å². The topological polar surface area (TPSA) is 81.9 Å². The van der Waals surface area contributed by atoms with Gasteiger partial charge in [0, 0.05) is 48.6 Å². The summed E-state index contributed by atoms with van der Waals surface area (Å²) >= 11 is 0. The zero-order chi connectivity index (χ0) is 24.3. The van der Waals surface area contributed by atoms with Crippen LogP contribution in [0.25, 0.3) is 33.5 Å². The second-order valence-corrected chi connectivity index (χ2v) is 8.82. The van der Waals surface area contributed by atoms with Crippen LogP contribution in [0.5, 0.6) is 5.75 Å². The van der Waals surface area contributed by atoms with Gasteiger partial charge in [-0.15, -0.1) is 0 Å². The lowest BCUT2D eigenvalue weighted by Crippen LogP contribution is -2.25. The van der Waals surface area contributed by atoms with Gasteiger partial charge in [0.15, 0.2) is 0 Å². The van der Waals surface area contributed by atoms with Crippen LogP contribution in [0.3, 0.4) is 0 Å². The van der Waals surface area contributed by atoms with Crippen LogP contribution in [-0.2, 0) is 13.0 Å². The molecule has 1 N–H and O–H groups in total. The third-order valence-electron chi connectivity index (χ3n) is 6.37. The number of imidazole rings is 1. The Labute approximate surface area is 208 Å². The molecule has 2 aromatic heterocycles. The lowest BCUT2D eigenvalue weighted by molar-refractivity contribution is 0.0953. The molecule has 1 aliphatic heterocycles. The number of fused-ring (bicyclic) bond motifs is 2. The van der Waals surface area contributed by atoms with Gasteiger partial charge in [0.2, 0.25) is 0 Å². The Kier molecular flexibility index (Phi) is 5.87. The highest BCUT2D eigenvalue weighted by atomic mass is 16.5. The van der Waals surface area contributed by atoms with E-state index >= 15 is 0 Å². The molecule has 0 radical (unpaired) electrons. The fourth-order valence-corrected chi connectivity index (χ4v) is 4.51. The van der Waals surface area contributed by atoms with Crippen molar-refractivity contribution in [1.82, 2.24) is 24.8 Å². The maximum Gasteiger partial charge on any atom is 0.251 e. The first-order valence-corrected chi connectivity index (χ1v) is 12.1. The molecule has 3 heterocycles. The van der Waals surface area contributed by atoms with Gasteiger partial charge in [-0.2, -0.15) is 0 Å². The van der Waals surface area contributed by atoms with Gasteiger partial charge in [0.05, 0.1) is 35.4 Å². The molecule has 0 bridgehead atoms. The summed E-state index contributed by atoms with van der Waals surface area (Å²) in [6, 6.07) is 21.7. The van der Waals surface area contributed by atoms with E-state index in [-0.39, 0.29) is 5.91 Å². The summed E-state index contributed by atoms with van der Waals surface area (Å²) in [5.74, 6) is 0.822. The van der Waals surface area contributed by atoms with Gasteiger partial charge < -0.3 is 14.6 Å². The maximum absolute atomic E-state index is 12.8. The standard InChI is InChI=1S/C29H25N5O2/c35-29(31-12-4-14-34-15-13-30-19-34)23-7-9-24-25(18-23)33-27(20-5-2-1-3-6-20)28(32-24)22-8-10-26-21(17-22)11-16-36-26/h1-3,5-10,13,15,17-19H,4,11-12,14,16H2,(H,31,35). The first-order chi connectivity index (χ1) is 17.7. The Balaban J connectivity index is 1.31. The normalized spacial score (nSPS) is 12.3. The number of aryl methyl sites for hydroxylation is 1. The maximum atomic E-state index is 12.8. The van der Waals surface area contributed by atoms with E-state index in [1.54, 1.807) is 12.5 Å². The highest BCUT2D eigenvalue weighted by Gasteiger charge is 2.18. The Bertz CT molecular complexity index is 1530. The number of carbonyl (C=O) groups is 1. The van der Waals surface area contributed by atoms with Crippen LogP contribution < -0.4 is 10.1 Å². The molecule has 0 spiro atoms. The van der Waals surface area contributed by atoms with Crippen molar-refractivity contribution in [1.29, 1.82) is 0 Å². The fraction of sp³-hybridized carbons (Fsp3) is 0.172. The third-order valence-corrected chi connectivity index (χ3v) is 6.37. The third kappa shape index (κ3) is 4.43. The molecular formula is C29H25N5O2. The minimum absolute atomic E-state index is 0.117. The Morgan fingerprint density at radius 2 is 1.81 bits per heavy atom. The van der Waals surface area contributed by atoms with E-state index in [1.165, 1.54) is 5.56 Å². The first-order valence-electron chi connectivity index (χ1n) is 12.1. The van der Waals surface area contributed by atoms with Gasteiger partial charge in [-0.25, -0.2) is 15.0 Å². The molecule has 178 valence electrons. The summed E-state index contributed by atoms with van der Waals surface area (Å²) in [6.45, 7) is 2.10. The van der Waals surface area contributed by atoms with Crippen molar-refractivity contribution in [2.45, 2.75) is 19.4 Å². The lowest BCUT2D eigenvalue weighted by atomic mass is 10.0. The molecule has 1 amide bonds. The molecule has 0 atom stereocenters. The minimum Gasteiger partial charge on any atom is -0.493 e. The van der Waals surface area contributed by atoms with Crippen molar-refractivity contribution in [2.75, 3.05) is 13.2 Å². The summed E-state index contributed by atoms with van der Waals surface area (Å²) in [5.41, 5.74) is 6.79. The molecule has 0 unspecified atom stereocenters. The van der Waals surface area contributed by atoms with Gasteiger partial charge in [-0.3, -0.25) is 4.79 Å². The van der Waals surface area contributed by atoms with Crippen LogP contribution in [0, 0.1) is 0 Å². The van der Waals surface area contributed by atoms with Gasteiger partial charge in [0.25, 0.3) is 5.91 Å². The summed E-state index contributed by atoms with van der Waals surface area (Å²) < 4.78 is 7.68. The number of benzene rings is 3. The summed E-state index contributed by atoms with van der Waals surface area (Å²) in [4.78, 5) is 26.9. The van der Waals surface area contributed by atoms with E-state index in [9.17, 15) is 4.79 Å². The van der Waals surface area contributed by atoms with Crippen LogP contribution >= 0.6 is 0 Å². The molecular weight excluding hydrogens is 450 g/mol. The number of hydrogen-bond acceptors (Lipinski definition) is 5. The number of amides is 1. The molecule has 0 fully saturated rings. The van der Waals surface area contributed by atoms with Crippen LogP contribution in [0.1, 0.15) is 22.3 Å². The number of nitrogens with one attached hydrogen (secondary N) is 1. The van der Waals surface area contributed by atoms with E-state index < -0.39 is 0 Å². The smallest absolute Gasteiger partial charge is 0.251 e. The van der Waals surface area contributed by atoms with E-state index in [4.69, 9.17) is 14.7 Å². The largest absolute Gasteiger partial charge is 0.493 e. The number of rotatable bonds is 7. The molecule has 7 nitrogen and oxygen atoms in total. The van der Waals surface area contributed by atoms with Gasteiger partial charge in [-0.1, -0.05) is 30.3 Å². The van der Waals surface area contributed by atoms with Crippen LogP contribution in [-0.4, -0.2) is 38.6 Å². The number of hydrogen-bond donors (Lipinski definition) is 1. The fourth-order valence-electron chi connectivity index (χ4n) is 4.51. The average molecular weight is 476 g/mol. The molecule has 5 aromatic rings. The van der Waals surface area contributed by atoms with E-state index in [1.807, 2.05) is 71.4 Å². The molecule has 0 aliphatic carbocycles. The lowest BCUT2D eigenvalue weighted by Gasteiger charge is -2.12. The monoisotopic (exact) mass is 475 g/mol. The number of ether oxygens (including phenoxy) is 1. The van der Waals surface area contributed by atoms with Gasteiger partial charge in [0.1, 0.15) is 5.75 Å². The highest BCUT2D eigenvalue weighted by Crippen LogP contribution is 2.35. The summed E-state index contributed by atoms with van der Waals surface area (Å²) in [7, 11) is 0. The zero-order valence-electron chi connectivity index (χ0n) is 19.7. The molecule has 36 heavy (non-hydrogen) atoms. The predicted molar refractivity (Wildman–Crippen MR) is 139 cm³/mol. The highest BCUT2D eigenvalue weighted by molar-refractivity contribution is 5.98. The summed E-state index contributed by atoms with van der Waals surface area (Å²) in [6.07, 6.45) is 7.16. The Morgan fingerprint density at radius 1 is 0.944 bits per heavy atom. The number of aromatic nitrogens is 4. The van der Waals surface area contributed by atoms with Gasteiger partial charge >= 0.3 is 0 Å². The van der Waals surface area contributed by atoms with Crippen molar-refractivity contribution < 1.29 is 9.53 Å². The van der Waals surface area contributed by atoms with Crippen molar-refractivity contribution >= 4 is 16.9 Å². The molecule has 0 saturated heterocycles. The Morgan fingerprint density at radius 3 is 2.67 bits per heavy atom. The number of nitrogens with zero attached hydrogens (tertiary/aromatic N) is 4. The van der Waals surface area contributed by atoms with Gasteiger partial charge in [-0.05, 0) is 48.4 Å². The van der Waals surface area contributed by atoms with Crippen molar-refractivity contribution in [3.8, 4) is 28.3 Å².